The van der Waals surface area contributed by atoms with Gasteiger partial charge in [-0.15, -0.1) is 0 Å². The van der Waals surface area contributed by atoms with E-state index in [1.165, 1.54) is 9.36 Å². The number of rotatable bonds is 3. The molecule has 1 aromatic carbocycles. The van der Waals surface area contributed by atoms with Crippen molar-refractivity contribution in [2.75, 3.05) is 0 Å². The van der Waals surface area contributed by atoms with Crippen molar-refractivity contribution in [3.8, 4) is 5.69 Å². The molecule has 0 saturated carbocycles. The Labute approximate surface area is 97.6 Å². The predicted molar refractivity (Wildman–Crippen MR) is 65.5 cm³/mol. The van der Waals surface area contributed by atoms with Gasteiger partial charge in [0.2, 0.25) is 0 Å². The first-order valence-corrected chi connectivity index (χ1v) is 5.21. The summed E-state index contributed by atoms with van der Waals surface area (Å²) in [6, 6.07) is 9.00. The number of hydrogen-bond donors (Lipinski definition) is 1. The summed E-state index contributed by atoms with van der Waals surface area (Å²) >= 11 is 0. The highest BCUT2D eigenvalue weighted by Gasteiger charge is 2.10. The Balaban J connectivity index is 2.65. The largest absolute Gasteiger partial charge is 0.349 e. The van der Waals surface area contributed by atoms with E-state index in [0.29, 0.717) is 12.2 Å². The fourth-order valence-corrected chi connectivity index (χ4v) is 1.63. The van der Waals surface area contributed by atoms with Gasteiger partial charge in [0.1, 0.15) is 0 Å². The van der Waals surface area contributed by atoms with Crippen LogP contribution in [0.5, 0.6) is 0 Å². The van der Waals surface area contributed by atoms with Gasteiger partial charge in [0, 0.05) is 0 Å². The number of hydrogen-bond acceptors (Lipinski definition) is 2. The van der Waals surface area contributed by atoms with Gasteiger partial charge in [0.05, 0.1) is 12.2 Å². The number of benzene rings is 1. The van der Waals surface area contributed by atoms with Crippen molar-refractivity contribution in [2.24, 2.45) is 0 Å². The molecule has 2 rings (SSSR count). The number of allylic oxidation sites excluding steroid dienone is 1. The van der Waals surface area contributed by atoms with Crippen LogP contribution in [0.1, 0.15) is 6.92 Å². The van der Waals surface area contributed by atoms with Crippen LogP contribution in [0.4, 0.5) is 0 Å². The standard InChI is InChI=1S/C12H13N3O2/c1-9(2)8-14-11(16)13-12(17)15(14)10-6-4-3-5-7-10/h3-7H,1,8H2,2H3,(H,13,16,17). The Bertz CT molecular complexity index is 646. The molecule has 0 bridgehead atoms. The minimum absolute atomic E-state index is 0.312. The number of aromatic nitrogens is 3. The van der Waals surface area contributed by atoms with Crippen molar-refractivity contribution >= 4 is 0 Å². The molecule has 0 amide bonds. The average molecular weight is 231 g/mol. The topological polar surface area (TPSA) is 59.8 Å². The summed E-state index contributed by atoms with van der Waals surface area (Å²) in [5.41, 5.74) is 0.581. The van der Waals surface area contributed by atoms with Crippen LogP contribution in [0.15, 0.2) is 52.1 Å². The zero-order chi connectivity index (χ0) is 12.4. The third kappa shape index (κ3) is 2.13. The molecule has 2 aromatic rings. The van der Waals surface area contributed by atoms with E-state index in [0.717, 1.165) is 5.57 Å². The smallest absolute Gasteiger partial charge is 0.256 e. The molecule has 5 heteroatoms. The quantitative estimate of drug-likeness (QED) is 0.798. The molecular formula is C12H13N3O2. The molecule has 0 radical (unpaired) electrons. The average Bonchev–Trinajstić information content (AvgIpc) is 2.54. The maximum Gasteiger partial charge on any atom is 0.349 e. The minimum Gasteiger partial charge on any atom is -0.256 e. The van der Waals surface area contributed by atoms with Crippen LogP contribution in [0.2, 0.25) is 0 Å². The van der Waals surface area contributed by atoms with Gasteiger partial charge in [0.15, 0.2) is 0 Å². The molecule has 17 heavy (non-hydrogen) atoms. The molecule has 1 aromatic heterocycles. The molecule has 1 heterocycles. The van der Waals surface area contributed by atoms with Gasteiger partial charge in [0.25, 0.3) is 0 Å². The third-order valence-electron chi connectivity index (χ3n) is 2.30. The van der Waals surface area contributed by atoms with Crippen molar-refractivity contribution in [1.82, 2.24) is 14.3 Å². The Morgan fingerprint density at radius 3 is 2.47 bits per heavy atom. The number of H-pyrrole nitrogens is 1. The van der Waals surface area contributed by atoms with Gasteiger partial charge in [-0.3, -0.25) is 4.98 Å². The van der Waals surface area contributed by atoms with Crippen LogP contribution in [-0.2, 0) is 6.54 Å². The van der Waals surface area contributed by atoms with Crippen molar-refractivity contribution in [2.45, 2.75) is 13.5 Å². The van der Waals surface area contributed by atoms with E-state index in [1.807, 2.05) is 18.2 Å². The van der Waals surface area contributed by atoms with E-state index < -0.39 is 11.4 Å². The Morgan fingerprint density at radius 2 is 1.88 bits per heavy atom. The molecule has 0 spiro atoms. The molecule has 0 unspecified atom stereocenters. The van der Waals surface area contributed by atoms with E-state index in [4.69, 9.17) is 0 Å². The predicted octanol–water partition coefficient (Wildman–Crippen LogP) is 0.903. The normalized spacial score (nSPS) is 10.4. The third-order valence-corrected chi connectivity index (χ3v) is 2.30. The van der Waals surface area contributed by atoms with Crippen LogP contribution >= 0.6 is 0 Å². The highest BCUT2D eigenvalue weighted by molar-refractivity contribution is 5.29. The minimum atomic E-state index is -0.442. The Hall–Kier alpha value is -2.30. The highest BCUT2D eigenvalue weighted by Crippen LogP contribution is 2.03. The number of para-hydroxylation sites is 1. The maximum atomic E-state index is 11.7. The lowest BCUT2D eigenvalue weighted by molar-refractivity contribution is 0.571. The van der Waals surface area contributed by atoms with Crippen molar-refractivity contribution in [1.29, 1.82) is 0 Å². The first-order valence-electron chi connectivity index (χ1n) is 5.21. The summed E-state index contributed by atoms with van der Waals surface area (Å²) < 4.78 is 2.65. The van der Waals surface area contributed by atoms with Crippen LogP contribution < -0.4 is 11.4 Å². The van der Waals surface area contributed by atoms with Crippen molar-refractivity contribution < 1.29 is 0 Å². The Morgan fingerprint density at radius 1 is 1.24 bits per heavy atom. The summed E-state index contributed by atoms with van der Waals surface area (Å²) in [7, 11) is 0. The molecule has 0 aliphatic carbocycles. The lowest BCUT2D eigenvalue weighted by Crippen LogP contribution is -2.25. The van der Waals surface area contributed by atoms with Crippen LogP contribution in [0, 0.1) is 0 Å². The summed E-state index contributed by atoms with van der Waals surface area (Å²) in [5.74, 6) is 0. The summed E-state index contributed by atoms with van der Waals surface area (Å²) in [4.78, 5) is 25.6. The fraction of sp³-hybridized carbons (Fsp3) is 0.167. The van der Waals surface area contributed by atoms with E-state index in [2.05, 4.69) is 11.6 Å². The first-order chi connectivity index (χ1) is 8.09. The zero-order valence-electron chi connectivity index (χ0n) is 9.51. The van der Waals surface area contributed by atoms with Crippen LogP contribution in [0.25, 0.3) is 5.69 Å². The van der Waals surface area contributed by atoms with E-state index in [1.54, 1.807) is 19.1 Å². The second-order valence-electron chi connectivity index (χ2n) is 3.90. The van der Waals surface area contributed by atoms with Crippen molar-refractivity contribution in [3.63, 3.8) is 0 Å². The SMILES string of the molecule is C=C(C)Cn1c(=O)[nH]c(=O)n1-c1ccccc1. The monoisotopic (exact) mass is 231 g/mol. The fourth-order valence-electron chi connectivity index (χ4n) is 1.63. The van der Waals surface area contributed by atoms with Crippen LogP contribution in [0.3, 0.4) is 0 Å². The molecule has 88 valence electrons. The molecule has 1 N–H and O–H groups in total. The van der Waals surface area contributed by atoms with Crippen LogP contribution in [-0.4, -0.2) is 14.3 Å². The number of nitrogens with zero attached hydrogens (tertiary/aromatic N) is 2. The van der Waals surface area contributed by atoms with Gasteiger partial charge < -0.3 is 0 Å². The Kier molecular flexibility index (Phi) is 2.82. The van der Waals surface area contributed by atoms with Crippen molar-refractivity contribution in [3.05, 3.63) is 63.5 Å². The molecular weight excluding hydrogens is 218 g/mol. The van der Waals surface area contributed by atoms with Gasteiger partial charge in [-0.25, -0.2) is 14.3 Å². The van der Waals surface area contributed by atoms with E-state index >= 15 is 0 Å². The zero-order valence-corrected chi connectivity index (χ0v) is 9.51. The van der Waals surface area contributed by atoms with E-state index in [9.17, 15) is 9.59 Å². The van der Waals surface area contributed by atoms with Gasteiger partial charge in [-0.05, 0) is 19.1 Å². The lowest BCUT2D eigenvalue weighted by atomic mass is 10.3. The van der Waals surface area contributed by atoms with Gasteiger partial charge >= 0.3 is 11.4 Å². The molecule has 0 aliphatic heterocycles. The maximum absolute atomic E-state index is 11.7. The highest BCUT2D eigenvalue weighted by atomic mass is 16.2. The molecule has 0 fully saturated rings. The van der Waals surface area contributed by atoms with Gasteiger partial charge in [-0.1, -0.05) is 30.4 Å². The molecule has 5 nitrogen and oxygen atoms in total. The number of aromatic amines is 1. The molecule has 0 atom stereocenters. The first kappa shape index (κ1) is 11.2. The summed E-state index contributed by atoms with van der Waals surface area (Å²) in [6.45, 7) is 5.86. The molecule has 0 aliphatic rings. The second-order valence-corrected chi connectivity index (χ2v) is 3.90. The number of nitrogens with one attached hydrogen (secondary N) is 1. The summed E-state index contributed by atoms with van der Waals surface area (Å²) in [6.07, 6.45) is 0. The van der Waals surface area contributed by atoms with E-state index in [-0.39, 0.29) is 0 Å². The molecule has 0 saturated heterocycles. The second kappa shape index (κ2) is 4.29. The lowest BCUT2D eigenvalue weighted by Gasteiger charge is -2.08. The van der Waals surface area contributed by atoms with Gasteiger partial charge in [-0.2, -0.15) is 4.68 Å². The summed E-state index contributed by atoms with van der Waals surface area (Å²) in [5, 5.41) is 0.